The minimum Gasteiger partial charge on any atom is -0.461 e. The Labute approximate surface area is 121 Å². The molecule has 0 amide bonds. The molecule has 0 rings (SSSR count). The van der Waals surface area contributed by atoms with E-state index in [0.717, 1.165) is 20.8 Å². The lowest BCUT2D eigenvalue weighted by molar-refractivity contribution is -0.153. The summed E-state index contributed by atoms with van der Waals surface area (Å²) in [5.74, 6) is -2.61. The number of nitrogens with zero attached hydrogens (tertiary/aromatic N) is 1. The van der Waals surface area contributed by atoms with Crippen molar-refractivity contribution in [3.05, 3.63) is 0 Å². The maximum Gasteiger partial charge on any atom is 0.331 e. The monoisotopic (exact) mass is 303 g/mol. The van der Waals surface area contributed by atoms with E-state index in [1.54, 1.807) is 0 Å². The molecule has 1 unspecified atom stereocenters. The zero-order valence-corrected chi connectivity index (χ0v) is 12.2. The zero-order valence-electron chi connectivity index (χ0n) is 12.2. The first kappa shape index (κ1) is 18.6. The first-order chi connectivity index (χ1) is 9.72. The second kappa shape index (κ2) is 9.45. The summed E-state index contributed by atoms with van der Waals surface area (Å²) in [7, 11) is 0. The van der Waals surface area contributed by atoms with Crippen LogP contribution in [-0.2, 0) is 38.2 Å². The van der Waals surface area contributed by atoms with Crippen molar-refractivity contribution in [1.82, 2.24) is 0 Å². The highest BCUT2D eigenvalue weighted by Crippen LogP contribution is 2.02. The van der Waals surface area contributed by atoms with Gasteiger partial charge in [-0.15, -0.1) is 0 Å². The van der Waals surface area contributed by atoms with Gasteiger partial charge in [0.15, 0.2) is 6.10 Å². The van der Waals surface area contributed by atoms with E-state index in [2.05, 4.69) is 9.99 Å². The summed E-state index contributed by atoms with van der Waals surface area (Å²) < 4.78 is 14.3. The normalized spacial score (nSPS) is 12.1. The summed E-state index contributed by atoms with van der Waals surface area (Å²) in [5.41, 5.74) is -0.0862. The van der Waals surface area contributed by atoms with Gasteiger partial charge in [0.1, 0.15) is 18.9 Å². The van der Waals surface area contributed by atoms with Gasteiger partial charge in [-0.3, -0.25) is 14.4 Å². The van der Waals surface area contributed by atoms with Gasteiger partial charge in [-0.2, -0.15) is 0 Å². The molecule has 0 aliphatic carbocycles. The molecule has 0 heterocycles. The van der Waals surface area contributed by atoms with Crippen LogP contribution >= 0.6 is 0 Å². The number of rotatable bonds is 7. The van der Waals surface area contributed by atoms with Crippen LogP contribution < -0.4 is 0 Å². The van der Waals surface area contributed by atoms with Crippen molar-refractivity contribution >= 4 is 29.6 Å². The Morgan fingerprint density at radius 2 is 1.43 bits per heavy atom. The average molecular weight is 303 g/mol. The van der Waals surface area contributed by atoms with Crippen LogP contribution in [0.25, 0.3) is 0 Å². The van der Waals surface area contributed by atoms with Crippen molar-refractivity contribution in [2.24, 2.45) is 5.16 Å². The topological polar surface area (TPSA) is 118 Å². The van der Waals surface area contributed by atoms with E-state index in [0.29, 0.717) is 0 Å². The van der Waals surface area contributed by atoms with E-state index < -0.39 is 30.0 Å². The molecule has 118 valence electrons. The molecule has 0 spiro atoms. The van der Waals surface area contributed by atoms with Crippen LogP contribution in [0.4, 0.5) is 0 Å². The van der Waals surface area contributed by atoms with Crippen molar-refractivity contribution in [2.45, 2.75) is 33.8 Å². The third-order valence-corrected chi connectivity index (χ3v) is 1.83. The molecule has 0 fully saturated rings. The third-order valence-electron chi connectivity index (χ3n) is 1.83. The number of hydrogen-bond donors (Lipinski definition) is 0. The minimum atomic E-state index is -1.13. The lowest BCUT2D eigenvalue weighted by Crippen LogP contribution is -2.35. The largest absolute Gasteiger partial charge is 0.461 e. The van der Waals surface area contributed by atoms with E-state index >= 15 is 0 Å². The molecular weight excluding hydrogens is 286 g/mol. The Morgan fingerprint density at radius 3 is 1.86 bits per heavy atom. The van der Waals surface area contributed by atoms with E-state index in [4.69, 9.17) is 14.2 Å². The predicted octanol–water partition coefficient (Wildman–Crippen LogP) is -0.0366. The van der Waals surface area contributed by atoms with Crippen molar-refractivity contribution < 1.29 is 38.2 Å². The SMILES string of the molecule is CC(=O)OC/C(=N\OC(C)=O)C(COC(C)=O)OC(C)=O. The van der Waals surface area contributed by atoms with Crippen molar-refractivity contribution in [3.8, 4) is 0 Å². The zero-order chi connectivity index (χ0) is 16.4. The van der Waals surface area contributed by atoms with Crippen molar-refractivity contribution in [3.63, 3.8) is 0 Å². The second-order valence-electron chi connectivity index (χ2n) is 3.85. The van der Waals surface area contributed by atoms with Gasteiger partial charge in [0.2, 0.25) is 0 Å². The molecule has 0 N–H and O–H groups in total. The second-order valence-corrected chi connectivity index (χ2v) is 3.85. The fourth-order valence-corrected chi connectivity index (χ4v) is 1.07. The molecule has 0 aromatic rings. The fourth-order valence-electron chi connectivity index (χ4n) is 1.07. The lowest BCUT2D eigenvalue weighted by atomic mass is 10.2. The summed E-state index contributed by atoms with van der Waals surface area (Å²) in [6.07, 6.45) is -1.13. The molecule has 0 radical (unpaired) electrons. The Kier molecular flexibility index (Phi) is 8.35. The molecule has 0 saturated carbocycles. The third kappa shape index (κ3) is 10.0. The lowest BCUT2D eigenvalue weighted by Gasteiger charge is -2.18. The molecule has 0 aliphatic rings. The van der Waals surface area contributed by atoms with E-state index in [9.17, 15) is 19.2 Å². The molecule has 9 heteroatoms. The highest BCUT2D eigenvalue weighted by Gasteiger charge is 2.23. The molecule has 0 aliphatic heterocycles. The number of esters is 3. The Bertz CT molecular complexity index is 443. The number of carbonyl (C=O) groups excluding carboxylic acids is 4. The van der Waals surface area contributed by atoms with Crippen LogP contribution in [0.5, 0.6) is 0 Å². The van der Waals surface area contributed by atoms with Gasteiger partial charge in [0.05, 0.1) is 0 Å². The summed E-state index contributed by atoms with van der Waals surface area (Å²) in [5, 5.41) is 3.45. The van der Waals surface area contributed by atoms with Crippen LogP contribution in [0, 0.1) is 0 Å². The highest BCUT2D eigenvalue weighted by molar-refractivity contribution is 5.92. The van der Waals surface area contributed by atoms with Crippen LogP contribution in [0.15, 0.2) is 5.16 Å². The van der Waals surface area contributed by atoms with E-state index in [1.165, 1.54) is 6.92 Å². The number of hydrogen-bond acceptors (Lipinski definition) is 9. The molecule has 21 heavy (non-hydrogen) atoms. The van der Waals surface area contributed by atoms with E-state index in [1.807, 2.05) is 0 Å². The molecule has 0 aromatic heterocycles. The van der Waals surface area contributed by atoms with Crippen LogP contribution in [0.2, 0.25) is 0 Å². The smallest absolute Gasteiger partial charge is 0.331 e. The first-order valence-corrected chi connectivity index (χ1v) is 5.90. The Morgan fingerprint density at radius 1 is 0.857 bits per heavy atom. The van der Waals surface area contributed by atoms with Crippen LogP contribution in [-0.4, -0.2) is 48.9 Å². The average Bonchev–Trinajstić information content (AvgIpc) is 2.33. The minimum absolute atomic E-state index is 0.0862. The fraction of sp³-hybridized carbons (Fsp3) is 0.583. The summed E-state index contributed by atoms with van der Waals surface area (Å²) in [6, 6.07) is 0. The molecule has 0 aromatic carbocycles. The molecule has 0 bridgehead atoms. The summed E-state index contributed by atoms with van der Waals surface area (Å²) in [6.45, 7) is 3.84. The van der Waals surface area contributed by atoms with E-state index in [-0.39, 0.29) is 18.9 Å². The van der Waals surface area contributed by atoms with Crippen LogP contribution in [0.1, 0.15) is 27.7 Å². The van der Waals surface area contributed by atoms with Crippen LogP contribution in [0.3, 0.4) is 0 Å². The van der Waals surface area contributed by atoms with Crippen molar-refractivity contribution in [1.29, 1.82) is 0 Å². The first-order valence-electron chi connectivity index (χ1n) is 5.90. The number of oxime groups is 1. The number of ether oxygens (including phenoxy) is 3. The van der Waals surface area contributed by atoms with Gasteiger partial charge in [0, 0.05) is 27.7 Å². The maximum atomic E-state index is 11.0. The molecular formula is C12H17NO8. The number of carbonyl (C=O) groups is 4. The van der Waals surface area contributed by atoms with Gasteiger partial charge < -0.3 is 19.0 Å². The summed E-state index contributed by atoms with van der Waals surface area (Å²) in [4.78, 5) is 47.9. The van der Waals surface area contributed by atoms with Gasteiger partial charge in [-0.25, -0.2) is 4.79 Å². The maximum absolute atomic E-state index is 11.0. The standard InChI is InChI=1S/C12H17NO8/c1-7(14)18-5-11(13-21-10(4)17)12(20-9(3)16)6-19-8(2)15/h12H,5-6H2,1-4H3/b13-11+. The quantitative estimate of drug-likeness (QED) is 0.211. The predicted molar refractivity (Wildman–Crippen MR) is 68.0 cm³/mol. The molecule has 9 nitrogen and oxygen atoms in total. The Balaban J connectivity index is 5.06. The Hall–Kier alpha value is -2.45. The highest BCUT2D eigenvalue weighted by atomic mass is 16.7. The van der Waals surface area contributed by atoms with Gasteiger partial charge >= 0.3 is 23.9 Å². The van der Waals surface area contributed by atoms with Gasteiger partial charge in [-0.05, 0) is 0 Å². The molecule has 1 atom stereocenters. The summed E-state index contributed by atoms with van der Waals surface area (Å²) >= 11 is 0. The molecule has 0 saturated heterocycles. The van der Waals surface area contributed by atoms with Gasteiger partial charge in [0.25, 0.3) is 0 Å². The van der Waals surface area contributed by atoms with Crippen molar-refractivity contribution in [2.75, 3.05) is 13.2 Å². The van der Waals surface area contributed by atoms with Gasteiger partial charge in [-0.1, -0.05) is 5.16 Å².